The zero-order valence-corrected chi connectivity index (χ0v) is 15.1. The molecule has 6 nitrogen and oxygen atoms in total. The zero-order valence-electron chi connectivity index (χ0n) is 15.1. The lowest BCUT2D eigenvalue weighted by molar-refractivity contribution is -0.133. The second-order valence-electron chi connectivity index (χ2n) is 7.07. The Hall–Kier alpha value is -1.30. The number of rotatable bonds is 5. The molecule has 0 aliphatic carbocycles. The summed E-state index contributed by atoms with van der Waals surface area (Å²) in [4.78, 5) is 21.2. The molecule has 2 aliphatic heterocycles. The van der Waals surface area contributed by atoms with Crippen LogP contribution in [0.1, 0.15) is 40.0 Å². The first-order valence-electron chi connectivity index (χ1n) is 9.05. The van der Waals surface area contributed by atoms with Crippen molar-refractivity contribution in [3.05, 3.63) is 0 Å². The van der Waals surface area contributed by atoms with Crippen molar-refractivity contribution in [2.75, 3.05) is 39.8 Å². The third kappa shape index (κ3) is 5.09. The first-order valence-corrected chi connectivity index (χ1v) is 9.05. The number of carbonyl (C=O) groups is 1. The minimum Gasteiger partial charge on any atom is -0.357 e. The average Bonchev–Trinajstić information content (AvgIpc) is 3.13. The summed E-state index contributed by atoms with van der Waals surface area (Å²) in [5.41, 5.74) is 0. The van der Waals surface area contributed by atoms with E-state index < -0.39 is 0 Å². The van der Waals surface area contributed by atoms with Gasteiger partial charge in [0.25, 0.3) is 0 Å². The lowest BCUT2D eigenvalue weighted by Gasteiger charge is -2.21. The number of likely N-dealkylation sites (N-methyl/N-ethyl adjacent to an activating group) is 1. The van der Waals surface area contributed by atoms with Crippen LogP contribution in [0.3, 0.4) is 0 Å². The monoisotopic (exact) mass is 323 g/mol. The molecule has 2 saturated heterocycles. The van der Waals surface area contributed by atoms with Gasteiger partial charge in [-0.05, 0) is 39.8 Å². The van der Waals surface area contributed by atoms with E-state index in [4.69, 9.17) is 4.99 Å². The van der Waals surface area contributed by atoms with Gasteiger partial charge in [0.05, 0.1) is 6.54 Å². The Morgan fingerprint density at radius 3 is 2.70 bits per heavy atom. The summed E-state index contributed by atoms with van der Waals surface area (Å²) in [6, 6.07) is 0.866. The van der Waals surface area contributed by atoms with E-state index in [2.05, 4.69) is 29.5 Å². The molecule has 2 N–H and O–H groups in total. The van der Waals surface area contributed by atoms with Crippen LogP contribution in [0, 0.1) is 5.92 Å². The molecule has 6 heteroatoms. The van der Waals surface area contributed by atoms with E-state index in [1.54, 1.807) is 0 Å². The standard InChI is InChI=1S/C17H33N5O/c1-5-18-17(19-11-15-7-6-9-21(15)4)20-14-8-10-22(12-14)16(23)13(2)3/h13-15H,5-12H2,1-4H3,(H2,18,19,20). The third-order valence-corrected chi connectivity index (χ3v) is 4.81. The summed E-state index contributed by atoms with van der Waals surface area (Å²) in [6.07, 6.45) is 3.50. The van der Waals surface area contributed by atoms with Crippen molar-refractivity contribution in [2.24, 2.45) is 10.9 Å². The van der Waals surface area contributed by atoms with E-state index >= 15 is 0 Å². The van der Waals surface area contributed by atoms with Crippen LogP contribution in [-0.4, -0.2) is 73.5 Å². The van der Waals surface area contributed by atoms with Crippen molar-refractivity contribution in [1.82, 2.24) is 20.4 Å². The normalized spacial score (nSPS) is 26.1. The predicted molar refractivity (Wildman–Crippen MR) is 94.6 cm³/mol. The Labute approximate surface area is 140 Å². The van der Waals surface area contributed by atoms with E-state index in [-0.39, 0.29) is 11.8 Å². The minimum absolute atomic E-state index is 0.0774. The van der Waals surface area contributed by atoms with Gasteiger partial charge in [-0.3, -0.25) is 9.79 Å². The molecule has 0 aromatic carbocycles. The topological polar surface area (TPSA) is 60.0 Å². The highest BCUT2D eigenvalue weighted by molar-refractivity contribution is 5.81. The van der Waals surface area contributed by atoms with Gasteiger partial charge in [-0.15, -0.1) is 0 Å². The quantitative estimate of drug-likeness (QED) is 0.583. The van der Waals surface area contributed by atoms with Crippen LogP contribution in [0.4, 0.5) is 0 Å². The van der Waals surface area contributed by atoms with Crippen LogP contribution in [-0.2, 0) is 4.79 Å². The molecule has 2 fully saturated rings. The molecular formula is C17H33N5O. The van der Waals surface area contributed by atoms with E-state index in [0.29, 0.717) is 12.1 Å². The molecule has 0 aromatic rings. The fourth-order valence-corrected chi connectivity index (χ4v) is 3.36. The molecule has 2 atom stereocenters. The zero-order chi connectivity index (χ0) is 16.8. The number of likely N-dealkylation sites (tertiary alicyclic amines) is 2. The summed E-state index contributed by atoms with van der Waals surface area (Å²) in [5, 5.41) is 6.84. The van der Waals surface area contributed by atoms with Gasteiger partial charge in [0, 0.05) is 37.6 Å². The molecule has 0 aromatic heterocycles. The molecule has 2 rings (SSSR count). The summed E-state index contributed by atoms with van der Waals surface area (Å²) in [5.74, 6) is 1.22. The number of hydrogen-bond donors (Lipinski definition) is 2. The van der Waals surface area contributed by atoms with Crippen molar-refractivity contribution in [1.29, 1.82) is 0 Å². The van der Waals surface area contributed by atoms with Crippen molar-refractivity contribution in [2.45, 2.75) is 52.1 Å². The van der Waals surface area contributed by atoms with E-state index in [0.717, 1.165) is 38.6 Å². The molecule has 2 aliphatic rings. The van der Waals surface area contributed by atoms with Crippen molar-refractivity contribution < 1.29 is 4.79 Å². The van der Waals surface area contributed by atoms with Crippen LogP contribution in [0.15, 0.2) is 4.99 Å². The Morgan fingerprint density at radius 2 is 2.09 bits per heavy atom. The third-order valence-electron chi connectivity index (χ3n) is 4.81. The SMILES string of the molecule is CCNC(=NCC1CCCN1C)NC1CCN(C(=O)C(C)C)C1. The molecule has 132 valence electrons. The minimum atomic E-state index is 0.0774. The van der Waals surface area contributed by atoms with Crippen molar-refractivity contribution in [3.63, 3.8) is 0 Å². The van der Waals surface area contributed by atoms with Crippen molar-refractivity contribution in [3.8, 4) is 0 Å². The Morgan fingerprint density at radius 1 is 1.30 bits per heavy atom. The maximum absolute atomic E-state index is 12.1. The van der Waals surface area contributed by atoms with E-state index in [9.17, 15) is 4.79 Å². The first-order chi connectivity index (χ1) is 11.0. The maximum Gasteiger partial charge on any atom is 0.225 e. The summed E-state index contributed by atoms with van der Waals surface area (Å²) in [7, 11) is 2.18. The number of carbonyl (C=O) groups excluding carboxylic acids is 1. The fourth-order valence-electron chi connectivity index (χ4n) is 3.36. The predicted octanol–water partition coefficient (Wildman–Crippen LogP) is 0.893. The first kappa shape index (κ1) is 18.0. The highest BCUT2D eigenvalue weighted by Gasteiger charge is 2.28. The van der Waals surface area contributed by atoms with Gasteiger partial charge in [-0.2, -0.15) is 0 Å². The van der Waals surface area contributed by atoms with Crippen LogP contribution < -0.4 is 10.6 Å². The molecule has 23 heavy (non-hydrogen) atoms. The van der Waals surface area contributed by atoms with Gasteiger partial charge >= 0.3 is 0 Å². The summed E-state index contributed by atoms with van der Waals surface area (Å²) >= 11 is 0. The van der Waals surface area contributed by atoms with Gasteiger partial charge in [-0.25, -0.2) is 0 Å². The molecule has 2 heterocycles. The average molecular weight is 323 g/mol. The number of guanidine groups is 1. The van der Waals surface area contributed by atoms with Gasteiger partial charge in [-0.1, -0.05) is 13.8 Å². The number of hydrogen-bond acceptors (Lipinski definition) is 3. The molecular weight excluding hydrogens is 290 g/mol. The molecule has 2 unspecified atom stereocenters. The second kappa shape index (κ2) is 8.52. The Bertz CT molecular complexity index is 423. The lowest BCUT2D eigenvalue weighted by atomic mass is 10.2. The van der Waals surface area contributed by atoms with Crippen LogP contribution in [0.2, 0.25) is 0 Å². The molecule has 0 bridgehead atoms. The smallest absolute Gasteiger partial charge is 0.225 e. The number of aliphatic imine (C=N–C) groups is 1. The fraction of sp³-hybridized carbons (Fsp3) is 0.882. The van der Waals surface area contributed by atoms with Crippen LogP contribution >= 0.6 is 0 Å². The van der Waals surface area contributed by atoms with Gasteiger partial charge < -0.3 is 20.4 Å². The molecule has 0 radical (unpaired) electrons. The van der Waals surface area contributed by atoms with Gasteiger partial charge in [0.2, 0.25) is 5.91 Å². The lowest BCUT2D eigenvalue weighted by Crippen LogP contribution is -2.45. The highest BCUT2D eigenvalue weighted by atomic mass is 16.2. The number of nitrogens with zero attached hydrogens (tertiary/aromatic N) is 3. The highest BCUT2D eigenvalue weighted by Crippen LogP contribution is 2.15. The summed E-state index contributed by atoms with van der Waals surface area (Å²) in [6.45, 7) is 10.5. The largest absolute Gasteiger partial charge is 0.357 e. The van der Waals surface area contributed by atoms with Crippen LogP contribution in [0.25, 0.3) is 0 Å². The number of amides is 1. The van der Waals surface area contributed by atoms with E-state index in [1.807, 2.05) is 18.7 Å². The Kier molecular flexibility index (Phi) is 6.69. The molecule has 0 spiro atoms. The maximum atomic E-state index is 12.1. The summed E-state index contributed by atoms with van der Waals surface area (Å²) < 4.78 is 0. The Balaban J connectivity index is 1.85. The van der Waals surface area contributed by atoms with Gasteiger partial charge in [0.1, 0.15) is 0 Å². The number of nitrogens with one attached hydrogen (secondary N) is 2. The van der Waals surface area contributed by atoms with Crippen LogP contribution in [0.5, 0.6) is 0 Å². The molecule has 0 saturated carbocycles. The van der Waals surface area contributed by atoms with Crippen molar-refractivity contribution >= 4 is 11.9 Å². The molecule has 1 amide bonds. The second-order valence-corrected chi connectivity index (χ2v) is 7.07. The van der Waals surface area contributed by atoms with E-state index in [1.165, 1.54) is 19.4 Å². The van der Waals surface area contributed by atoms with Gasteiger partial charge in [0.15, 0.2) is 5.96 Å².